The summed E-state index contributed by atoms with van der Waals surface area (Å²) in [5, 5.41) is 14.6. The monoisotopic (exact) mass is 394 g/mol. The molecule has 1 aliphatic rings. The molecule has 0 atom stereocenters. The number of thioether (sulfide) groups is 1. The third-order valence-electron chi connectivity index (χ3n) is 4.42. The maximum atomic E-state index is 12.3. The van der Waals surface area contributed by atoms with Crippen molar-refractivity contribution < 1.29 is 9.59 Å². The molecule has 6 nitrogen and oxygen atoms in total. The van der Waals surface area contributed by atoms with E-state index in [0.717, 1.165) is 35.8 Å². The number of amides is 2. The second-order valence-corrected chi connectivity index (χ2v) is 7.68. The molecule has 0 saturated carbocycles. The zero-order valence-corrected chi connectivity index (χ0v) is 16.3. The predicted octanol–water partition coefficient (Wildman–Crippen LogP) is 2.73. The van der Waals surface area contributed by atoms with E-state index < -0.39 is 0 Å². The van der Waals surface area contributed by atoms with Gasteiger partial charge in [0, 0.05) is 36.0 Å². The fourth-order valence-corrected chi connectivity index (χ4v) is 3.76. The molecule has 2 N–H and O–H groups in total. The maximum Gasteiger partial charge on any atom is 0.243 e. The van der Waals surface area contributed by atoms with Gasteiger partial charge in [0.15, 0.2) is 0 Å². The zero-order chi connectivity index (χ0) is 19.8. The summed E-state index contributed by atoms with van der Waals surface area (Å²) in [6, 6.07) is 16.4. The first-order valence-electron chi connectivity index (χ1n) is 9.12. The molecule has 7 heteroatoms. The SMILES string of the molecule is N#Cc1ccc(NCC(=O)Nc2ccc(CC(=O)N3CCSCC3)cc2)cc1. The van der Waals surface area contributed by atoms with Crippen LogP contribution in [0.15, 0.2) is 48.5 Å². The summed E-state index contributed by atoms with van der Waals surface area (Å²) in [5.41, 5.74) is 2.99. The van der Waals surface area contributed by atoms with Crippen molar-refractivity contribution in [3.63, 3.8) is 0 Å². The van der Waals surface area contributed by atoms with Crippen LogP contribution < -0.4 is 10.6 Å². The summed E-state index contributed by atoms with van der Waals surface area (Å²) in [5.74, 6) is 2.00. The van der Waals surface area contributed by atoms with Crippen LogP contribution in [0, 0.1) is 11.3 Å². The molecule has 1 fully saturated rings. The van der Waals surface area contributed by atoms with Crippen molar-refractivity contribution in [3.05, 3.63) is 59.7 Å². The van der Waals surface area contributed by atoms with Gasteiger partial charge in [0.1, 0.15) is 0 Å². The largest absolute Gasteiger partial charge is 0.376 e. The van der Waals surface area contributed by atoms with Crippen LogP contribution >= 0.6 is 11.8 Å². The predicted molar refractivity (Wildman–Crippen MR) is 112 cm³/mol. The van der Waals surface area contributed by atoms with Crippen LogP contribution in [0.1, 0.15) is 11.1 Å². The molecule has 28 heavy (non-hydrogen) atoms. The summed E-state index contributed by atoms with van der Waals surface area (Å²) < 4.78 is 0. The maximum absolute atomic E-state index is 12.3. The molecule has 0 aliphatic carbocycles. The van der Waals surface area contributed by atoms with E-state index in [2.05, 4.69) is 16.7 Å². The Morgan fingerprint density at radius 2 is 1.64 bits per heavy atom. The highest BCUT2D eigenvalue weighted by Crippen LogP contribution is 2.14. The fraction of sp³-hybridized carbons (Fsp3) is 0.286. The Bertz CT molecular complexity index is 853. The highest BCUT2D eigenvalue weighted by atomic mass is 32.2. The topological polar surface area (TPSA) is 85.2 Å². The van der Waals surface area contributed by atoms with Crippen molar-refractivity contribution in [3.8, 4) is 6.07 Å². The Morgan fingerprint density at radius 3 is 2.29 bits per heavy atom. The molecule has 3 rings (SSSR count). The number of hydrogen-bond acceptors (Lipinski definition) is 5. The van der Waals surface area contributed by atoms with Gasteiger partial charge in [0.2, 0.25) is 11.8 Å². The van der Waals surface area contributed by atoms with Gasteiger partial charge in [-0.15, -0.1) is 0 Å². The average molecular weight is 395 g/mol. The second-order valence-electron chi connectivity index (χ2n) is 6.46. The van der Waals surface area contributed by atoms with E-state index in [9.17, 15) is 9.59 Å². The molecule has 1 aliphatic heterocycles. The zero-order valence-electron chi connectivity index (χ0n) is 15.5. The van der Waals surface area contributed by atoms with E-state index in [1.54, 1.807) is 24.3 Å². The number of carbonyl (C=O) groups is 2. The number of anilines is 2. The minimum atomic E-state index is -0.168. The van der Waals surface area contributed by atoms with Gasteiger partial charge in [-0.05, 0) is 42.0 Å². The first-order valence-corrected chi connectivity index (χ1v) is 10.3. The third kappa shape index (κ3) is 5.76. The van der Waals surface area contributed by atoms with Crippen molar-refractivity contribution in [1.29, 1.82) is 5.26 Å². The number of rotatable bonds is 6. The molecule has 0 bridgehead atoms. The minimum Gasteiger partial charge on any atom is -0.376 e. The Labute approximate surface area is 168 Å². The highest BCUT2D eigenvalue weighted by Gasteiger charge is 2.16. The van der Waals surface area contributed by atoms with Crippen LogP contribution in [-0.4, -0.2) is 47.9 Å². The summed E-state index contributed by atoms with van der Waals surface area (Å²) in [6.45, 7) is 1.77. The lowest BCUT2D eigenvalue weighted by Crippen LogP contribution is -2.38. The number of nitriles is 1. The summed E-state index contributed by atoms with van der Waals surface area (Å²) >= 11 is 1.88. The summed E-state index contributed by atoms with van der Waals surface area (Å²) in [6.07, 6.45) is 0.388. The molecular weight excluding hydrogens is 372 g/mol. The van der Waals surface area contributed by atoms with Crippen LogP contribution in [0.25, 0.3) is 0 Å². The average Bonchev–Trinajstić information content (AvgIpc) is 2.74. The van der Waals surface area contributed by atoms with Crippen molar-refractivity contribution in [1.82, 2.24) is 4.90 Å². The van der Waals surface area contributed by atoms with E-state index in [4.69, 9.17) is 5.26 Å². The Hall–Kier alpha value is -2.98. The van der Waals surface area contributed by atoms with Gasteiger partial charge >= 0.3 is 0 Å². The summed E-state index contributed by atoms with van der Waals surface area (Å²) in [4.78, 5) is 26.3. The van der Waals surface area contributed by atoms with Crippen molar-refractivity contribution >= 4 is 35.0 Å². The molecule has 144 valence electrons. The molecule has 2 aromatic carbocycles. The van der Waals surface area contributed by atoms with Gasteiger partial charge in [-0.25, -0.2) is 0 Å². The quantitative estimate of drug-likeness (QED) is 0.787. The van der Waals surface area contributed by atoms with Crippen LogP contribution in [0.5, 0.6) is 0 Å². The van der Waals surface area contributed by atoms with Crippen molar-refractivity contribution in [2.75, 3.05) is 41.8 Å². The molecule has 2 amide bonds. The van der Waals surface area contributed by atoms with E-state index in [0.29, 0.717) is 17.7 Å². The molecule has 0 radical (unpaired) electrons. The Morgan fingerprint density at radius 1 is 1.00 bits per heavy atom. The number of hydrogen-bond donors (Lipinski definition) is 2. The first kappa shape index (κ1) is 19.8. The Balaban J connectivity index is 1.45. The lowest BCUT2D eigenvalue weighted by Gasteiger charge is -2.26. The molecular formula is C21H22N4O2S. The highest BCUT2D eigenvalue weighted by molar-refractivity contribution is 7.99. The van der Waals surface area contributed by atoms with Gasteiger partial charge in [-0.2, -0.15) is 17.0 Å². The molecule has 0 spiro atoms. The van der Waals surface area contributed by atoms with E-state index in [1.807, 2.05) is 40.9 Å². The molecule has 2 aromatic rings. The van der Waals surface area contributed by atoms with Gasteiger partial charge < -0.3 is 15.5 Å². The summed E-state index contributed by atoms with van der Waals surface area (Å²) in [7, 11) is 0. The molecule has 0 unspecified atom stereocenters. The van der Waals surface area contributed by atoms with Crippen molar-refractivity contribution in [2.24, 2.45) is 0 Å². The smallest absolute Gasteiger partial charge is 0.243 e. The lowest BCUT2D eigenvalue weighted by atomic mass is 10.1. The lowest BCUT2D eigenvalue weighted by molar-refractivity contribution is -0.130. The molecule has 0 aromatic heterocycles. The third-order valence-corrected chi connectivity index (χ3v) is 5.37. The van der Waals surface area contributed by atoms with Crippen LogP contribution in [0.2, 0.25) is 0 Å². The standard InChI is InChI=1S/C21H22N4O2S/c22-14-17-3-5-18(6-4-17)23-15-20(26)24-19-7-1-16(2-8-19)13-21(27)25-9-11-28-12-10-25/h1-8,23H,9-13,15H2,(H,24,26). The van der Waals surface area contributed by atoms with E-state index in [1.165, 1.54) is 0 Å². The van der Waals surface area contributed by atoms with Crippen LogP contribution in [-0.2, 0) is 16.0 Å². The number of nitrogens with one attached hydrogen (secondary N) is 2. The fourth-order valence-electron chi connectivity index (χ4n) is 2.86. The number of benzene rings is 2. The normalized spacial score (nSPS) is 13.5. The van der Waals surface area contributed by atoms with Gasteiger partial charge in [-0.3, -0.25) is 9.59 Å². The van der Waals surface area contributed by atoms with Gasteiger partial charge in [0.25, 0.3) is 0 Å². The molecule has 1 heterocycles. The van der Waals surface area contributed by atoms with Gasteiger partial charge in [0.05, 0.1) is 24.6 Å². The number of carbonyl (C=O) groups excluding carboxylic acids is 2. The van der Waals surface area contributed by atoms with Gasteiger partial charge in [-0.1, -0.05) is 12.1 Å². The van der Waals surface area contributed by atoms with Crippen molar-refractivity contribution in [2.45, 2.75) is 6.42 Å². The first-order chi connectivity index (χ1) is 13.6. The van der Waals surface area contributed by atoms with Crippen LogP contribution in [0.3, 0.4) is 0 Å². The van der Waals surface area contributed by atoms with Crippen LogP contribution in [0.4, 0.5) is 11.4 Å². The number of nitrogens with zero attached hydrogens (tertiary/aromatic N) is 2. The second kappa shape index (κ2) is 9.81. The van der Waals surface area contributed by atoms with E-state index in [-0.39, 0.29) is 18.4 Å². The Kier molecular flexibility index (Phi) is 6.93. The van der Waals surface area contributed by atoms with E-state index >= 15 is 0 Å². The molecule has 1 saturated heterocycles. The minimum absolute atomic E-state index is 0.124.